The molecular formula is C55H39N3. The minimum atomic E-state index is -0.381. The quantitative estimate of drug-likeness (QED) is 0.180. The summed E-state index contributed by atoms with van der Waals surface area (Å²) in [5, 5.41) is 2.57. The molecule has 8 aromatic rings. The standard InChI is InChI=1S/C55H39N3/c1-34-24-30-43-42-21-12-13-23-47(42)55(48(43)32-34)49-33-46(41-20-10-11-22-44(41)50(49)45-31-29-35-14-8-9-19-40(35)51(45)55)36-25-27-39(28-26-36)54-57-52(37-15-4-2-5-16-37)56-53(58-54)38-17-6-3-7-18-38/h2-7,9-13,15-31,33-34H,8,14,32H2,1H3. The summed E-state index contributed by atoms with van der Waals surface area (Å²) in [6, 6.07) is 55.0. The van der Waals surface area contributed by atoms with Crippen LogP contribution in [0.2, 0.25) is 0 Å². The van der Waals surface area contributed by atoms with E-state index < -0.39 is 0 Å². The molecule has 3 nitrogen and oxygen atoms in total. The molecule has 0 saturated carbocycles. The summed E-state index contributed by atoms with van der Waals surface area (Å²) in [7, 11) is 0. The van der Waals surface area contributed by atoms with Gasteiger partial charge in [-0.2, -0.15) is 0 Å². The molecule has 12 rings (SSSR count). The van der Waals surface area contributed by atoms with Crippen molar-refractivity contribution in [2.45, 2.75) is 31.6 Å². The van der Waals surface area contributed by atoms with Gasteiger partial charge in [-0.3, -0.25) is 0 Å². The van der Waals surface area contributed by atoms with Crippen LogP contribution in [0.4, 0.5) is 0 Å². The highest BCUT2D eigenvalue weighted by molar-refractivity contribution is 6.12. The summed E-state index contributed by atoms with van der Waals surface area (Å²) < 4.78 is 0. The zero-order valence-electron chi connectivity index (χ0n) is 32.3. The summed E-state index contributed by atoms with van der Waals surface area (Å²) in [6.07, 6.45) is 12.9. The first-order valence-electron chi connectivity index (χ1n) is 20.6. The third-order valence-corrected chi connectivity index (χ3v) is 13.0. The molecule has 1 aromatic heterocycles. The van der Waals surface area contributed by atoms with Gasteiger partial charge in [-0.1, -0.05) is 177 Å². The number of fused-ring (bicyclic) bond motifs is 13. The van der Waals surface area contributed by atoms with Crippen molar-refractivity contribution in [1.29, 1.82) is 0 Å². The fraction of sp³-hybridized carbons (Fsp3) is 0.109. The lowest BCUT2D eigenvalue weighted by Crippen LogP contribution is -2.30. The van der Waals surface area contributed by atoms with E-state index in [2.05, 4.69) is 146 Å². The SMILES string of the molecule is CC1C=CC2=C(C1)C1(c3ccccc32)c2cc(-c3ccc(-c4nc(-c5ccccc5)nc(-c5ccccc5)n4)cc3)c3ccccc3c2-c2ccc3c(c21)C=CCC3. The highest BCUT2D eigenvalue weighted by Gasteiger charge is 2.54. The molecule has 4 aliphatic carbocycles. The van der Waals surface area contributed by atoms with Gasteiger partial charge in [0.05, 0.1) is 5.41 Å². The van der Waals surface area contributed by atoms with Gasteiger partial charge in [-0.05, 0) is 109 Å². The smallest absolute Gasteiger partial charge is 0.164 e. The topological polar surface area (TPSA) is 38.7 Å². The van der Waals surface area contributed by atoms with E-state index in [9.17, 15) is 0 Å². The van der Waals surface area contributed by atoms with E-state index in [1.54, 1.807) is 5.57 Å². The van der Waals surface area contributed by atoms with E-state index in [1.165, 1.54) is 72.0 Å². The van der Waals surface area contributed by atoms with Crippen LogP contribution in [-0.4, -0.2) is 15.0 Å². The van der Waals surface area contributed by atoms with Crippen molar-refractivity contribution in [1.82, 2.24) is 15.0 Å². The Hall–Kier alpha value is -6.97. The van der Waals surface area contributed by atoms with Gasteiger partial charge < -0.3 is 0 Å². The van der Waals surface area contributed by atoms with Gasteiger partial charge in [0, 0.05) is 16.7 Å². The molecule has 274 valence electrons. The van der Waals surface area contributed by atoms with E-state index in [0.29, 0.717) is 23.4 Å². The summed E-state index contributed by atoms with van der Waals surface area (Å²) >= 11 is 0. The molecule has 4 aliphatic rings. The Kier molecular flexibility index (Phi) is 7.31. The molecule has 1 spiro atoms. The Morgan fingerprint density at radius 3 is 1.88 bits per heavy atom. The van der Waals surface area contributed by atoms with Gasteiger partial charge >= 0.3 is 0 Å². The molecule has 0 bridgehead atoms. The summed E-state index contributed by atoms with van der Waals surface area (Å²) in [5.74, 6) is 2.45. The van der Waals surface area contributed by atoms with Crippen LogP contribution in [0.25, 0.3) is 78.8 Å². The predicted octanol–water partition coefficient (Wildman–Crippen LogP) is 13.3. The molecular weight excluding hydrogens is 703 g/mol. The lowest BCUT2D eigenvalue weighted by atomic mass is 9.65. The van der Waals surface area contributed by atoms with Gasteiger partial charge in [0.1, 0.15) is 0 Å². The van der Waals surface area contributed by atoms with Crippen molar-refractivity contribution in [2.24, 2.45) is 5.92 Å². The Morgan fingerprint density at radius 2 is 1.16 bits per heavy atom. The number of hydrogen-bond donors (Lipinski definition) is 0. The Balaban J connectivity index is 1.08. The summed E-state index contributed by atoms with van der Waals surface area (Å²) in [6.45, 7) is 2.37. The summed E-state index contributed by atoms with van der Waals surface area (Å²) in [5.41, 5.74) is 19.2. The van der Waals surface area contributed by atoms with Crippen LogP contribution < -0.4 is 0 Å². The van der Waals surface area contributed by atoms with Gasteiger partial charge in [-0.15, -0.1) is 0 Å². The van der Waals surface area contributed by atoms with Crippen LogP contribution in [0, 0.1) is 5.92 Å². The summed E-state index contributed by atoms with van der Waals surface area (Å²) in [4.78, 5) is 15.0. The second-order valence-corrected chi connectivity index (χ2v) is 16.2. The van der Waals surface area contributed by atoms with Crippen molar-refractivity contribution in [3.05, 3.63) is 209 Å². The van der Waals surface area contributed by atoms with Crippen LogP contribution in [0.3, 0.4) is 0 Å². The van der Waals surface area contributed by atoms with Crippen LogP contribution in [-0.2, 0) is 11.8 Å². The lowest BCUT2D eigenvalue weighted by Gasteiger charge is -2.36. The zero-order chi connectivity index (χ0) is 38.4. The lowest BCUT2D eigenvalue weighted by molar-refractivity contribution is 0.629. The number of nitrogens with zero attached hydrogens (tertiary/aromatic N) is 3. The Morgan fingerprint density at radius 1 is 0.534 bits per heavy atom. The van der Waals surface area contributed by atoms with Crippen molar-refractivity contribution < 1.29 is 0 Å². The first kappa shape index (κ1) is 33.2. The number of aryl methyl sites for hydroxylation is 1. The van der Waals surface area contributed by atoms with E-state index in [-0.39, 0.29) is 5.41 Å². The predicted molar refractivity (Wildman–Crippen MR) is 238 cm³/mol. The van der Waals surface area contributed by atoms with Gasteiger partial charge in [0.15, 0.2) is 17.5 Å². The Labute approximate surface area is 338 Å². The number of allylic oxidation sites excluding steroid dienone is 5. The van der Waals surface area contributed by atoms with Crippen molar-refractivity contribution in [3.8, 4) is 56.4 Å². The zero-order valence-corrected chi connectivity index (χ0v) is 32.3. The number of benzene rings is 7. The second kappa shape index (κ2) is 12.8. The molecule has 0 aliphatic heterocycles. The highest BCUT2D eigenvalue weighted by Crippen LogP contribution is 2.66. The van der Waals surface area contributed by atoms with E-state index in [0.717, 1.165) is 36.0 Å². The molecule has 0 amide bonds. The normalized spacial score (nSPS) is 18.3. The third-order valence-electron chi connectivity index (χ3n) is 13.0. The highest BCUT2D eigenvalue weighted by atomic mass is 15.0. The molecule has 0 fully saturated rings. The van der Waals surface area contributed by atoms with E-state index in [1.807, 2.05) is 36.4 Å². The maximum Gasteiger partial charge on any atom is 0.164 e. The molecule has 2 atom stereocenters. The molecule has 0 saturated heterocycles. The first-order valence-corrected chi connectivity index (χ1v) is 20.6. The number of aromatic nitrogens is 3. The van der Waals surface area contributed by atoms with Crippen molar-refractivity contribution >= 4 is 22.4 Å². The minimum absolute atomic E-state index is 0.381. The molecule has 2 unspecified atom stereocenters. The molecule has 58 heavy (non-hydrogen) atoms. The fourth-order valence-electron chi connectivity index (χ4n) is 10.5. The molecule has 7 aromatic carbocycles. The van der Waals surface area contributed by atoms with Crippen LogP contribution in [0.15, 0.2) is 175 Å². The maximum absolute atomic E-state index is 5.03. The third kappa shape index (κ3) is 4.77. The van der Waals surface area contributed by atoms with E-state index in [4.69, 9.17) is 15.0 Å². The largest absolute Gasteiger partial charge is 0.208 e. The molecule has 0 N–H and O–H groups in total. The minimum Gasteiger partial charge on any atom is -0.208 e. The fourth-order valence-corrected chi connectivity index (χ4v) is 10.5. The van der Waals surface area contributed by atoms with Gasteiger partial charge in [0.2, 0.25) is 0 Å². The molecule has 0 radical (unpaired) electrons. The second-order valence-electron chi connectivity index (χ2n) is 16.2. The van der Waals surface area contributed by atoms with Crippen LogP contribution in [0.5, 0.6) is 0 Å². The van der Waals surface area contributed by atoms with Crippen LogP contribution >= 0.6 is 0 Å². The average Bonchev–Trinajstić information content (AvgIpc) is 3.76. The maximum atomic E-state index is 5.03. The number of hydrogen-bond acceptors (Lipinski definition) is 3. The first-order chi connectivity index (χ1) is 28.7. The van der Waals surface area contributed by atoms with Crippen molar-refractivity contribution in [2.75, 3.05) is 0 Å². The van der Waals surface area contributed by atoms with Crippen molar-refractivity contribution in [3.63, 3.8) is 0 Å². The van der Waals surface area contributed by atoms with Gasteiger partial charge in [0.25, 0.3) is 0 Å². The van der Waals surface area contributed by atoms with Crippen LogP contribution in [0.1, 0.15) is 53.1 Å². The van der Waals surface area contributed by atoms with Gasteiger partial charge in [-0.25, -0.2) is 15.0 Å². The monoisotopic (exact) mass is 741 g/mol. The van der Waals surface area contributed by atoms with E-state index >= 15 is 0 Å². The average molecular weight is 742 g/mol. The molecule has 1 heterocycles. The Bertz CT molecular complexity index is 3020. The number of rotatable bonds is 4. The molecule has 3 heteroatoms.